The molecule has 0 aromatic rings. The van der Waals surface area contributed by atoms with Crippen molar-refractivity contribution in [2.45, 2.75) is 292 Å². The van der Waals surface area contributed by atoms with Gasteiger partial charge < -0.3 is 19.8 Å². The summed E-state index contributed by atoms with van der Waals surface area (Å²) in [6.07, 6.45) is 42.5. The van der Waals surface area contributed by atoms with E-state index in [4.69, 9.17) is 0 Å². The van der Waals surface area contributed by atoms with Crippen LogP contribution in [-0.4, -0.2) is 55.6 Å². The Hall–Kier alpha value is 0.537. The summed E-state index contributed by atoms with van der Waals surface area (Å²) in [4.78, 5) is 20.4. The zero-order valence-corrected chi connectivity index (χ0v) is 44.1. The molecular weight excluding hydrogens is 878 g/mol. The van der Waals surface area contributed by atoms with Gasteiger partial charge in [0.1, 0.15) is 0 Å². The van der Waals surface area contributed by atoms with E-state index < -0.39 is 11.9 Å². The third kappa shape index (κ3) is 77.1. The Morgan fingerprint density at radius 3 is 0.667 bits per heavy atom. The molecule has 0 aliphatic carbocycles. The van der Waals surface area contributed by atoms with E-state index in [1.54, 1.807) is 22.5 Å². The molecule has 0 saturated carbocycles. The molecule has 0 fully saturated rings. The summed E-state index contributed by atoms with van der Waals surface area (Å²) in [6.45, 7) is 21.0. The first kappa shape index (κ1) is 61.2. The number of carboxylic acids is 2. The van der Waals surface area contributed by atoms with Gasteiger partial charge in [-0.25, -0.2) is 0 Å². The Morgan fingerprint density at radius 1 is 0.370 bits per heavy atom. The van der Waals surface area contributed by atoms with Crippen LogP contribution in [0.15, 0.2) is 0 Å². The summed E-state index contributed by atoms with van der Waals surface area (Å²) in [5.41, 5.74) is 0. The molecule has 0 aliphatic rings. The van der Waals surface area contributed by atoms with Crippen molar-refractivity contribution in [3.63, 3.8) is 0 Å². The Bertz CT molecular complexity index is 656. The third-order valence-corrected chi connectivity index (χ3v) is 14.5. The molecule has 0 rings (SSSR count). The van der Waals surface area contributed by atoms with Gasteiger partial charge in [0.15, 0.2) is 0 Å². The zero-order chi connectivity index (χ0) is 41.6. The van der Waals surface area contributed by atoms with E-state index in [0.717, 1.165) is 25.7 Å². The van der Waals surface area contributed by atoms with E-state index in [1.807, 2.05) is 0 Å². The standard InChI is InChI=1S/2C18H36O2.3C4H9.2Sn/c2*1-2-3-4-5-6-7-8-9-10-11-12-13-14-15-16-17-18(19)20;2*1-4(2)3;1-3-4-2;;/h2*2-17H2,1H3,(H,19,20);2*1-3H3;1,3-4H2,2H3;;/q;;;;;+2;+3/p-2. The van der Waals surface area contributed by atoms with Gasteiger partial charge in [0.25, 0.3) is 0 Å². The predicted octanol–water partition coefficient (Wildman–Crippen LogP) is 14.5. The maximum absolute atomic E-state index is 10.2. The molecule has 0 radical (unpaired) electrons. The summed E-state index contributed by atoms with van der Waals surface area (Å²) in [7, 11) is 0. The average molecular weight is 976 g/mol. The van der Waals surface area contributed by atoms with Crippen LogP contribution >= 0.6 is 0 Å². The normalized spacial score (nSPS) is 11.0. The van der Waals surface area contributed by atoms with Crippen LogP contribution in [0.4, 0.5) is 0 Å². The van der Waals surface area contributed by atoms with Crippen LogP contribution in [0.1, 0.15) is 281 Å². The predicted molar refractivity (Wildman–Crippen MR) is 240 cm³/mol. The molecule has 0 N–H and O–H groups in total. The number of aliphatic carboxylic acids is 2. The molecule has 0 aliphatic heterocycles. The Kier molecular flexibility index (Phi) is 56.3. The molecule has 0 aromatic heterocycles. The zero-order valence-electron chi connectivity index (χ0n) is 38.4. The molecule has 54 heavy (non-hydrogen) atoms. The van der Waals surface area contributed by atoms with Gasteiger partial charge in [-0.15, -0.1) is 0 Å². The maximum atomic E-state index is 10.2. The number of carboxylic acid groups (broad SMARTS) is 2. The van der Waals surface area contributed by atoms with E-state index in [9.17, 15) is 19.8 Å². The Balaban J connectivity index is -0.000000344. The van der Waals surface area contributed by atoms with Crippen LogP contribution in [0.25, 0.3) is 0 Å². The second-order valence-electron chi connectivity index (χ2n) is 17.9. The van der Waals surface area contributed by atoms with Crippen LogP contribution in [0, 0.1) is 0 Å². The molecule has 0 bridgehead atoms. The monoisotopic (exact) mass is 978 g/mol. The topological polar surface area (TPSA) is 80.3 Å². The fourth-order valence-corrected chi connectivity index (χ4v) is 14.0. The minimum absolute atomic E-state index is 0.182. The van der Waals surface area contributed by atoms with Crippen molar-refractivity contribution >= 4 is 55.6 Å². The van der Waals surface area contributed by atoms with Crippen molar-refractivity contribution in [2.24, 2.45) is 0 Å². The molecule has 0 amide bonds. The molecule has 0 saturated heterocycles. The third-order valence-electron chi connectivity index (χ3n) is 9.25. The molecule has 0 heterocycles. The van der Waals surface area contributed by atoms with E-state index in [0.29, 0.717) is 6.86 Å². The summed E-state index contributed by atoms with van der Waals surface area (Å²) < 4.78 is 2.74. The first-order valence-electron chi connectivity index (χ1n) is 23.5. The van der Waals surface area contributed by atoms with Gasteiger partial charge in [-0.1, -0.05) is 194 Å². The van der Waals surface area contributed by atoms with Crippen LogP contribution in [0.5, 0.6) is 0 Å². The molecule has 0 atom stereocenters. The van der Waals surface area contributed by atoms with Gasteiger partial charge in [-0.05, 0) is 25.7 Å². The van der Waals surface area contributed by atoms with Crippen molar-refractivity contribution < 1.29 is 19.8 Å². The van der Waals surface area contributed by atoms with Gasteiger partial charge in [-0.2, -0.15) is 0 Å². The molecule has 6 heteroatoms. The van der Waals surface area contributed by atoms with Crippen LogP contribution < -0.4 is 10.2 Å². The number of carbonyl (C=O) groups is 2. The fourth-order valence-electron chi connectivity index (χ4n) is 6.58. The molecule has 4 nitrogen and oxygen atoms in total. The molecular formula is C48H97O4Sn2+3. The first-order valence-corrected chi connectivity index (χ1v) is 28.4. The first-order chi connectivity index (χ1) is 25.7. The minimum atomic E-state index is -0.903. The Morgan fingerprint density at radius 2 is 0.556 bits per heavy atom. The Labute approximate surface area is 364 Å². The summed E-state index contributed by atoms with van der Waals surface area (Å²) in [5.74, 6) is -1.81. The van der Waals surface area contributed by atoms with Crippen molar-refractivity contribution in [3.05, 3.63) is 0 Å². The number of carbonyl (C=O) groups excluding carboxylic acids is 2. The van der Waals surface area contributed by atoms with Crippen molar-refractivity contribution in [1.29, 1.82) is 0 Å². The van der Waals surface area contributed by atoms with E-state index in [2.05, 4.69) is 62.3 Å². The van der Waals surface area contributed by atoms with Gasteiger partial charge >= 0.3 is 116 Å². The van der Waals surface area contributed by atoms with Crippen LogP contribution in [-0.2, 0) is 9.59 Å². The van der Waals surface area contributed by atoms with Crippen molar-refractivity contribution in [1.82, 2.24) is 0 Å². The number of hydrogen-bond donors (Lipinski definition) is 0. The molecule has 318 valence electrons. The summed E-state index contributed by atoms with van der Waals surface area (Å²) >= 11 is 1.50. The van der Waals surface area contributed by atoms with Gasteiger partial charge in [0.2, 0.25) is 0 Å². The van der Waals surface area contributed by atoms with E-state index in [-0.39, 0.29) is 34.0 Å². The van der Waals surface area contributed by atoms with Crippen LogP contribution in [0.3, 0.4) is 0 Å². The van der Waals surface area contributed by atoms with Gasteiger partial charge in [-0.3, -0.25) is 0 Å². The van der Waals surface area contributed by atoms with E-state index >= 15 is 0 Å². The SMILES string of the molecule is CCCCCCCCCCCCCCCCCC(=O)[O-].CCCCCCCCCCCCCCCCCC(=O)[O-].CCC[CH2][Sn+3].C[C](C)(C)[Sn+2][C](C)(C)C. The summed E-state index contributed by atoms with van der Waals surface area (Å²) in [5, 5.41) is 20.4. The summed E-state index contributed by atoms with van der Waals surface area (Å²) in [6, 6.07) is 0. The van der Waals surface area contributed by atoms with Crippen molar-refractivity contribution in [3.8, 4) is 0 Å². The average Bonchev–Trinajstić information content (AvgIpc) is 3.07. The number of rotatable bonds is 34. The second-order valence-corrected chi connectivity index (χ2v) is 28.6. The van der Waals surface area contributed by atoms with Crippen LogP contribution in [0.2, 0.25) is 11.3 Å². The van der Waals surface area contributed by atoms with E-state index in [1.165, 1.54) is 184 Å². The molecule has 0 unspecified atom stereocenters. The fraction of sp³-hybridized carbons (Fsp3) is 0.958. The van der Waals surface area contributed by atoms with Gasteiger partial charge in [0.05, 0.1) is 0 Å². The molecule has 0 aromatic carbocycles. The quantitative estimate of drug-likeness (QED) is 0.0475. The second kappa shape index (κ2) is 49.7. The number of hydrogen-bond acceptors (Lipinski definition) is 4. The number of unbranched alkanes of at least 4 members (excludes halogenated alkanes) is 29. The van der Waals surface area contributed by atoms with Gasteiger partial charge in [0, 0.05) is 11.9 Å². The molecule has 0 spiro atoms. The van der Waals surface area contributed by atoms with Crippen molar-refractivity contribution in [2.75, 3.05) is 0 Å².